The molecule has 0 saturated carbocycles. The molecule has 1 aromatic carbocycles. The van der Waals surface area contributed by atoms with Gasteiger partial charge in [-0.15, -0.1) is 0 Å². The van der Waals surface area contributed by atoms with Crippen LogP contribution in [0.4, 0.5) is 5.69 Å². The summed E-state index contributed by atoms with van der Waals surface area (Å²) < 4.78 is 0. The molecule has 4 heteroatoms. The van der Waals surface area contributed by atoms with Crippen molar-refractivity contribution in [2.75, 3.05) is 5.01 Å². The van der Waals surface area contributed by atoms with E-state index < -0.39 is 0 Å². The van der Waals surface area contributed by atoms with Gasteiger partial charge < -0.3 is 5.32 Å². The van der Waals surface area contributed by atoms with E-state index in [9.17, 15) is 0 Å². The minimum absolute atomic E-state index is 0.180. The lowest BCUT2D eigenvalue weighted by atomic mass is 10.2. The van der Waals surface area contributed by atoms with Gasteiger partial charge in [0.05, 0.1) is 5.69 Å². The first-order valence-corrected chi connectivity index (χ1v) is 5.35. The van der Waals surface area contributed by atoms with Crippen LogP contribution in [-0.2, 0) is 0 Å². The number of thiocarbonyl (C=S) groups is 1. The molecule has 1 heterocycles. The SMILES string of the molecule is Cc1cccc(N2NC(C)(C)NC2=S)c1. The van der Waals surface area contributed by atoms with Gasteiger partial charge in [0, 0.05) is 0 Å². The van der Waals surface area contributed by atoms with E-state index in [1.807, 2.05) is 17.1 Å². The average Bonchev–Trinajstić information content (AvgIpc) is 2.40. The molecule has 0 radical (unpaired) electrons. The lowest BCUT2D eigenvalue weighted by molar-refractivity contribution is 0.415. The second-order valence-corrected chi connectivity index (χ2v) is 4.73. The van der Waals surface area contributed by atoms with Gasteiger partial charge in [-0.25, -0.2) is 5.43 Å². The number of hydrogen-bond acceptors (Lipinski definition) is 2. The van der Waals surface area contributed by atoms with Gasteiger partial charge in [0.1, 0.15) is 5.66 Å². The lowest BCUT2D eigenvalue weighted by Gasteiger charge is -2.21. The van der Waals surface area contributed by atoms with Crippen molar-refractivity contribution in [3.63, 3.8) is 0 Å². The average molecular weight is 221 g/mol. The first-order chi connectivity index (χ1) is 6.98. The summed E-state index contributed by atoms with van der Waals surface area (Å²) in [5, 5.41) is 5.83. The van der Waals surface area contributed by atoms with Crippen LogP contribution < -0.4 is 15.8 Å². The van der Waals surface area contributed by atoms with Crippen LogP contribution in [0.3, 0.4) is 0 Å². The number of aryl methyl sites for hydroxylation is 1. The number of benzene rings is 1. The number of hydrazine groups is 1. The molecular formula is C11H15N3S. The Bertz CT molecular complexity index is 401. The highest BCUT2D eigenvalue weighted by Crippen LogP contribution is 2.19. The van der Waals surface area contributed by atoms with Crippen LogP contribution in [0, 0.1) is 6.92 Å². The van der Waals surface area contributed by atoms with Crippen LogP contribution in [0.1, 0.15) is 19.4 Å². The molecule has 2 N–H and O–H groups in total. The van der Waals surface area contributed by atoms with Gasteiger partial charge in [-0.2, -0.15) is 0 Å². The number of hydrogen-bond donors (Lipinski definition) is 2. The summed E-state index contributed by atoms with van der Waals surface area (Å²) >= 11 is 5.27. The van der Waals surface area contributed by atoms with Gasteiger partial charge in [-0.05, 0) is 50.7 Å². The first-order valence-electron chi connectivity index (χ1n) is 4.95. The summed E-state index contributed by atoms with van der Waals surface area (Å²) in [5.74, 6) is 0. The van der Waals surface area contributed by atoms with Crippen molar-refractivity contribution in [1.29, 1.82) is 0 Å². The minimum atomic E-state index is -0.180. The normalized spacial score (nSPS) is 19.1. The van der Waals surface area contributed by atoms with Crippen LogP contribution in [0.5, 0.6) is 0 Å². The highest BCUT2D eigenvalue weighted by molar-refractivity contribution is 7.80. The van der Waals surface area contributed by atoms with Gasteiger partial charge >= 0.3 is 0 Å². The van der Waals surface area contributed by atoms with Gasteiger partial charge in [0.25, 0.3) is 0 Å². The van der Waals surface area contributed by atoms with Crippen molar-refractivity contribution < 1.29 is 0 Å². The van der Waals surface area contributed by atoms with Gasteiger partial charge in [0.15, 0.2) is 5.11 Å². The molecule has 80 valence electrons. The zero-order chi connectivity index (χ0) is 11.1. The van der Waals surface area contributed by atoms with E-state index >= 15 is 0 Å². The Morgan fingerprint density at radius 1 is 1.33 bits per heavy atom. The molecule has 0 unspecified atom stereocenters. The Balaban J connectivity index is 2.29. The predicted molar refractivity (Wildman–Crippen MR) is 66.6 cm³/mol. The quantitative estimate of drug-likeness (QED) is 0.709. The summed E-state index contributed by atoms with van der Waals surface area (Å²) in [5.41, 5.74) is 5.42. The van der Waals surface area contributed by atoms with Gasteiger partial charge in [-0.3, -0.25) is 5.01 Å². The topological polar surface area (TPSA) is 27.3 Å². The smallest absolute Gasteiger partial charge is 0.189 e. The number of nitrogens with one attached hydrogen (secondary N) is 2. The van der Waals surface area contributed by atoms with E-state index in [2.05, 4.69) is 43.6 Å². The third-order valence-electron chi connectivity index (χ3n) is 2.27. The van der Waals surface area contributed by atoms with Crippen molar-refractivity contribution in [3.05, 3.63) is 29.8 Å². The van der Waals surface area contributed by atoms with E-state index in [1.54, 1.807) is 0 Å². The molecule has 1 aliphatic rings. The lowest BCUT2D eigenvalue weighted by Crippen LogP contribution is -2.45. The fourth-order valence-corrected chi connectivity index (χ4v) is 2.04. The summed E-state index contributed by atoms with van der Waals surface area (Å²) in [6, 6.07) is 8.24. The minimum Gasteiger partial charge on any atom is -0.342 e. The van der Waals surface area contributed by atoms with E-state index in [1.165, 1.54) is 5.56 Å². The highest BCUT2D eigenvalue weighted by atomic mass is 32.1. The Morgan fingerprint density at radius 2 is 2.07 bits per heavy atom. The Labute approximate surface area is 95.4 Å². The Morgan fingerprint density at radius 3 is 2.60 bits per heavy atom. The monoisotopic (exact) mass is 221 g/mol. The third-order valence-corrected chi connectivity index (χ3v) is 2.56. The summed E-state index contributed by atoms with van der Waals surface area (Å²) in [4.78, 5) is 0. The third kappa shape index (κ3) is 2.11. The maximum atomic E-state index is 5.27. The molecule has 0 spiro atoms. The highest BCUT2D eigenvalue weighted by Gasteiger charge is 2.32. The summed E-state index contributed by atoms with van der Waals surface area (Å²) in [6.45, 7) is 6.17. The molecule has 1 aromatic rings. The molecule has 0 aliphatic carbocycles. The van der Waals surface area contributed by atoms with E-state index in [0.29, 0.717) is 5.11 Å². The molecule has 3 nitrogen and oxygen atoms in total. The predicted octanol–water partition coefficient (Wildman–Crippen LogP) is 1.93. The maximum absolute atomic E-state index is 5.27. The second-order valence-electron chi connectivity index (χ2n) is 4.34. The summed E-state index contributed by atoms with van der Waals surface area (Å²) in [6.07, 6.45) is 0. The van der Waals surface area contributed by atoms with Crippen LogP contribution >= 0.6 is 12.2 Å². The molecule has 0 amide bonds. The number of rotatable bonds is 1. The van der Waals surface area contributed by atoms with Crippen molar-refractivity contribution >= 4 is 23.0 Å². The van der Waals surface area contributed by atoms with Crippen LogP contribution in [0.15, 0.2) is 24.3 Å². The molecule has 0 aromatic heterocycles. The number of nitrogens with zero attached hydrogens (tertiary/aromatic N) is 1. The van der Waals surface area contributed by atoms with Crippen LogP contribution in [0.2, 0.25) is 0 Å². The molecule has 1 aliphatic heterocycles. The molecule has 0 bridgehead atoms. The van der Waals surface area contributed by atoms with Gasteiger partial charge in [-0.1, -0.05) is 12.1 Å². The van der Waals surface area contributed by atoms with Gasteiger partial charge in [0.2, 0.25) is 0 Å². The molecule has 1 fully saturated rings. The van der Waals surface area contributed by atoms with E-state index in [4.69, 9.17) is 12.2 Å². The maximum Gasteiger partial charge on any atom is 0.189 e. The Hall–Kier alpha value is -1.13. The van der Waals surface area contributed by atoms with Crippen molar-refractivity contribution in [3.8, 4) is 0 Å². The van der Waals surface area contributed by atoms with Crippen LogP contribution in [0.25, 0.3) is 0 Å². The second kappa shape index (κ2) is 3.47. The van der Waals surface area contributed by atoms with Crippen molar-refractivity contribution in [1.82, 2.24) is 10.7 Å². The first kappa shape index (κ1) is 10.4. The fourth-order valence-electron chi connectivity index (χ4n) is 1.63. The molecule has 1 saturated heterocycles. The Kier molecular flexibility index (Phi) is 2.40. The fraction of sp³-hybridized carbons (Fsp3) is 0.364. The molecule has 0 atom stereocenters. The zero-order valence-corrected chi connectivity index (χ0v) is 9.98. The zero-order valence-electron chi connectivity index (χ0n) is 9.16. The van der Waals surface area contributed by atoms with E-state index in [0.717, 1.165) is 5.69 Å². The molecular weight excluding hydrogens is 206 g/mol. The van der Waals surface area contributed by atoms with Crippen molar-refractivity contribution in [2.24, 2.45) is 0 Å². The summed E-state index contributed by atoms with van der Waals surface area (Å²) in [7, 11) is 0. The molecule has 15 heavy (non-hydrogen) atoms. The van der Waals surface area contributed by atoms with Crippen molar-refractivity contribution in [2.45, 2.75) is 26.4 Å². The van der Waals surface area contributed by atoms with E-state index in [-0.39, 0.29) is 5.66 Å². The number of anilines is 1. The van der Waals surface area contributed by atoms with Crippen LogP contribution in [-0.4, -0.2) is 10.8 Å². The largest absolute Gasteiger partial charge is 0.342 e. The standard InChI is InChI=1S/C11H15N3S/c1-8-5-4-6-9(7-8)14-10(15)12-11(2,3)13-14/h4-7,13H,1-3H3,(H,12,15). The molecule has 2 rings (SSSR count).